The summed E-state index contributed by atoms with van der Waals surface area (Å²) in [6.45, 7) is 1.97. The van der Waals surface area contributed by atoms with Crippen LogP contribution in [-0.4, -0.2) is 42.6 Å². The first-order valence-corrected chi connectivity index (χ1v) is 6.85. The molecular formula is C15H18FNO4. The van der Waals surface area contributed by atoms with Gasteiger partial charge in [0.15, 0.2) is 11.6 Å². The van der Waals surface area contributed by atoms with E-state index in [1.165, 1.54) is 24.1 Å². The van der Waals surface area contributed by atoms with E-state index in [0.717, 1.165) is 0 Å². The highest BCUT2D eigenvalue weighted by atomic mass is 19.1. The fraction of sp³-hybridized carbons (Fsp3) is 0.467. The molecular weight excluding hydrogens is 277 g/mol. The first-order valence-electron chi connectivity index (χ1n) is 6.85. The largest absolute Gasteiger partial charge is 0.485 e. The Morgan fingerprint density at radius 2 is 2.10 bits per heavy atom. The number of carbonyl (C=O) groups excluding carboxylic acids is 2. The van der Waals surface area contributed by atoms with E-state index in [1.54, 1.807) is 19.1 Å². The Labute approximate surface area is 122 Å². The van der Waals surface area contributed by atoms with Crippen LogP contribution in [-0.2, 0) is 14.3 Å². The summed E-state index contributed by atoms with van der Waals surface area (Å²) in [5.41, 5.74) is 0. The smallest absolute Gasteiger partial charge is 0.328 e. The number of hydrogen-bond donors (Lipinski definition) is 0. The zero-order chi connectivity index (χ0) is 15.4. The summed E-state index contributed by atoms with van der Waals surface area (Å²) in [5, 5.41) is 0. The van der Waals surface area contributed by atoms with Crippen molar-refractivity contribution in [2.24, 2.45) is 0 Å². The number of rotatable bonds is 4. The molecule has 0 bridgehead atoms. The minimum Gasteiger partial charge on any atom is -0.485 e. The van der Waals surface area contributed by atoms with E-state index in [2.05, 4.69) is 0 Å². The van der Waals surface area contributed by atoms with Crippen LogP contribution < -0.4 is 4.74 Å². The van der Waals surface area contributed by atoms with E-state index in [1.807, 2.05) is 0 Å². The lowest BCUT2D eigenvalue weighted by molar-refractivity contribution is -0.150. The minimum atomic E-state index is -0.667. The van der Waals surface area contributed by atoms with Crippen molar-refractivity contribution in [1.82, 2.24) is 4.90 Å². The molecule has 1 saturated heterocycles. The molecule has 0 saturated carbocycles. The number of likely N-dealkylation sites (tertiary alicyclic amines) is 1. The SMILES string of the molecule is CCC(=O)N1C[C@@H](Oc2ccccc2F)C[C@@H]1C(=O)OC. The normalized spacial score (nSPS) is 21.2. The number of ether oxygens (including phenoxy) is 2. The molecule has 0 unspecified atom stereocenters. The van der Waals surface area contributed by atoms with Crippen LogP contribution in [0.2, 0.25) is 0 Å². The predicted molar refractivity (Wildman–Crippen MR) is 73.2 cm³/mol. The second-order valence-electron chi connectivity index (χ2n) is 4.84. The summed E-state index contributed by atoms with van der Waals surface area (Å²) in [6, 6.07) is 5.39. The molecule has 0 aromatic heterocycles. The van der Waals surface area contributed by atoms with Gasteiger partial charge in [-0.2, -0.15) is 0 Å². The maximum atomic E-state index is 13.6. The highest BCUT2D eigenvalue weighted by Gasteiger charge is 2.41. The van der Waals surface area contributed by atoms with Crippen molar-refractivity contribution >= 4 is 11.9 Å². The van der Waals surface area contributed by atoms with E-state index in [0.29, 0.717) is 12.8 Å². The molecule has 6 heteroatoms. The molecule has 0 radical (unpaired) electrons. The number of benzene rings is 1. The van der Waals surface area contributed by atoms with Crippen molar-refractivity contribution in [2.45, 2.75) is 31.9 Å². The van der Waals surface area contributed by atoms with Gasteiger partial charge in [-0.3, -0.25) is 4.79 Å². The lowest BCUT2D eigenvalue weighted by Gasteiger charge is -2.21. The second-order valence-corrected chi connectivity index (χ2v) is 4.84. The quantitative estimate of drug-likeness (QED) is 0.794. The van der Waals surface area contributed by atoms with Crippen molar-refractivity contribution in [3.63, 3.8) is 0 Å². The maximum Gasteiger partial charge on any atom is 0.328 e. The summed E-state index contributed by atoms with van der Waals surface area (Å²) < 4.78 is 23.9. The molecule has 5 nitrogen and oxygen atoms in total. The van der Waals surface area contributed by atoms with Crippen LogP contribution in [0, 0.1) is 5.82 Å². The van der Waals surface area contributed by atoms with Gasteiger partial charge in [0.2, 0.25) is 5.91 Å². The van der Waals surface area contributed by atoms with Gasteiger partial charge in [-0.05, 0) is 12.1 Å². The topological polar surface area (TPSA) is 55.8 Å². The van der Waals surface area contributed by atoms with E-state index in [-0.39, 0.29) is 18.2 Å². The van der Waals surface area contributed by atoms with E-state index in [4.69, 9.17) is 9.47 Å². The van der Waals surface area contributed by atoms with Gasteiger partial charge in [0.1, 0.15) is 12.1 Å². The van der Waals surface area contributed by atoms with E-state index < -0.39 is 23.9 Å². The van der Waals surface area contributed by atoms with Crippen molar-refractivity contribution in [2.75, 3.05) is 13.7 Å². The van der Waals surface area contributed by atoms with Gasteiger partial charge in [0, 0.05) is 12.8 Å². The van der Waals surface area contributed by atoms with E-state index in [9.17, 15) is 14.0 Å². The summed E-state index contributed by atoms with van der Waals surface area (Å²) in [5.74, 6) is -0.967. The molecule has 1 fully saturated rings. The van der Waals surface area contributed by atoms with Gasteiger partial charge in [0.05, 0.1) is 13.7 Å². The van der Waals surface area contributed by atoms with Crippen LogP contribution in [0.25, 0.3) is 0 Å². The molecule has 1 heterocycles. The van der Waals surface area contributed by atoms with Crippen molar-refractivity contribution in [1.29, 1.82) is 0 Å². The third-order valence-electron chi connectivity index (χ3n) is 3.49. The summed E-state index contributed by atoms with van der Waals surface area (Å²) in [6.07, 6.45) is 0.161. The Morgan fingerprint density at radius 3 is 2.71 bits per heavy atom. The maximum absolute atomic E-state index is 13.6. The standard InChI is InChI=1S/C15H18FNO4/c1-3-14(18)17-9-10(8-12(17)15(19)20-2)21-13-7-5-4-6-11(13)16/h4-7,10,12H,3,8-9H2,1-2H3/t10-,12+/m0/s1. The molecule has 1 aromatic rings. The highest BCUT2D eigenvalue weighted by Crippen LogP contribution is 2.26. The molecule has 1 aromatic carbocycles. The molecule has 1 aliphatic heterocycles. The van der Waals surface area contributed by atoms with Crippen LogP contribution in [0.5, 0.6) is 5.75 Å². The number of carbonyl (C=O) groups is 2. The van der Waals surface area contributed by atoms with Gasteiger partial charge in [-0.25, -0.2) is 9.18 Å². The lowest BCUT2D eigenvalue weighted by atomic mass is 10.2. The van der Waals surface area contributed by atoms with Crippen molar-refractivity contribution < 1.29 is 23.5 Å². The summed E-state index contributed by atoms with van der Waals surface area (Å²) in [7, 11) is 1.28. The number of hydrogen-bond acceptors (Lipinski definition) is 4. The fourth-order valence-electron chi connectivity index (χ4n) is 2.44. The second kappa shape index (κ2) is 6.56. The van der Waals surface area contributed by atoms with Crippen LogP contribution in [0.4, 0.5) is 4.39 Å². The monoisotopic (exact) mass is 295 g/mol. The molecule has 0 spiro atoms. The Balaban J connectivity index is 2.11. The molecule has 114 valence electrons. The molecule has 1 amide bonds. The van der Waals surface area contributed by atoms with Crippen LogP contribution >= 0.6 is 0 Å². The average Bonchev–Trinajstić information content (AvgIpc) is 2.92. The zero-order valence-corrected chi connectivity index (χ0v) is 12.0. The van der Waals surface area contributed by atoms with Gasteiger partial charge in [-0.1, -0.05) is 19.1 Å². The number of methoxy groups -OCH3 is 1. The third kappa shape index (κ3) is 3.32. The predicted octanol–water partition coefficient (Wildman–Crippen LogP) is 1.76. The Bertz CT molecular complexity index is 510. The van der Waals surface area contributed by atoms with Gasteiger partial charge in [-0.15, -0.1) is 0 Å². The number of para-hydroxylation sites is 1. The Hall–Kier alpha value is -2.11. The van der Waals surface area contributed by atoms with Gasteiger partial charge >= 0.3 is 5.97 Å². The fourth-order valence-corrected chi connectivity index (χ4v) is 2.44. The third-order valence-corrected chi connectivity index (χ3v) is 3.49. The zero-order valence-electron chi connectivity index (χ0n) is 12.0. The number of amides is 1. The molecule has 0 aliphatic carbocycles. The summed E-state index contributed by atoms with van der Waals surface area (Å²) >= 11 is 0. The average molecular weight is 295 g/mol. The first-order chi connectivity index (χ1) is 10.1. The Morgan fingerprint density at radius 1 is 1.38 bits per heavy atom. The first kappa shape index (κ1) is 15.3. The number of esters is 1. The molecule has 21 heavy (non-hydrogen) atoms. The summed E-state index contributed by atoms with van der Waals surface area (Å²) in [4.78, 5) is 25.1. The van der Waals surface area contributed by atoms with Gasteiger partial charge in [0.25, 0.3) is 0 Å². The highest BCUT2D eigenvalue weighted by molar-refractivity contribution is 5.85. The molecule has 2 atom stereocenters. The van der Waals surface area contributed by atoms with Crippen molar-refractivity contribution in [3.8, 4) is 5.75 Å². The molecule has 2 rings (SSSR count). The van der Waals surface area contributed by atoms with Crippen molar-refractivity contribution in [3.05, 3.63) is 30.1 Å². The molecule has 0 N–H and O–H groups in total. The van der Waals surface area contributed by atoms with E-state index >= 15 is 0 Å². The number of halogens is 1. The van der Waals surface area contributed by atoms with Crippen LogP contribution in [0.1, 0.15) is 19.8 Å². The van der Waals surface area contributed by atoms with Crippen LogP contribution in [0.15, 0.2) is 24.3 Å². The van der Waals surface area contributed by atoms with Gasteiger partial charge < -0.3 is 14.4 Å². The Kier molecular flexibility index (Phi) is 4.77. The molecule has 1 aliphatic rings. The minimum absolute atomic E-state index is 0.122. The lowest BCUT2D eigenvalue weighted by Crippen LogP contribution is -2.40. The number of nitrogens with zero attached hydrogens (tertiary/aromatic N) is 1. The van der Waals surface area contributed by atoms with Crippen LogP contribution in [0.3, 0.4) is 0 Å².